The molecule has 1 aliphatic carbocycles. The number of amides is 1. The third kappa shape index (κ3) is 2.88. The van der Waals surface area contributed by atoms with Gasteiger partial charge in [-0.15, -0.1) is 0 Å². The summed E-state index contributed by atoms with van der Waals surface area (Å²) in [6.07, 6.45) is 2.43. The highest BCUT2D eigenvalue weighted by molar-refractivity contribution is 5.67. The highest BCUT2D eigenvalue weighted by atomic mass is 16.6. The molecule has 0 unspecified atom stereocenters. The molecule has 0 saturated heterocycles. The molecule has 0 aromatic heterocycles. The zero-order valence-corrected chi connectivity index (χ0v) is 8.19. The number of aliphatic hydroxyl groups excluding tert-OH is 1. The fourth-order valence-corrected chi connectivity index (χ4v) is 1.45. The van der Waals surface area contributed by atoms with Gasteiger partial charge in [-0.25, -0.2) is 4.79 Å². The molecule has 4 nitrogen and oxygen atoms in total. The van der Waals surface area contributed by atoms with Gasteiger partial charge >= 0.3 is 6.09 Å². The Kier molecular flexibility index (Phi) is 3.54. The van der Waals surface area contributed by atoms with E-state index in [9.17, 15) is 9.90 Å². The van der Waals surface area contributed by atoms with E-state index in [2.05, 4.69) is 0 Å². The monoisotopic (exact) mass is 187 g/mol. The van der Waals surface area contributed by atoms with Gasteiger partial charge in [-0.1, -0.05) is 6.42 Å². The molecule has 76 valence electrons. The Morgan fingerprint density at radius 3 is 2.54 bits per heavy atom. The molecule has 1 saturated carbocycles. The molecule has 0 radical (unpaired) electrons. The summed E-state index contributed by atoms with van der Waals surface area (Å²) in [6, 6.07) is 0. The van der Waals surface area contributed by atoms with Gasteiger partial charge < -0.3 is 14.7 Å². The molecule has 0 bridgehead atoms. The summed E-state index contributed by atoms with van der Waals surface area (Å²) >= 11 is 0. The molecule has 1 amide bonds. The van der Waals surface area contributed by atoms with E-state index in [0.717, 1.165) is 25.7 Å². The maximum absolute atomic E-state index is 11.1. The van der Waals surface area contributed by atoms with Gasteiger partial charge in [0.25, 0.3) is 0 Å². The van der Waals surface area contributed by atoms with Gasteiger partial charge in [-0.2, -0.15) is 0 Å². The lowest BCUT2D eigenvalue weighted by molar-refractivity contribution is -0.0291. The summed E-state index contributed by atoms with van der Waals surface area (Å²) < 4.78 is 5.10. The Morgan fingerprint density at radius 2 is 2.00 bits per heavy atom. The van der Waals surface area contributed by atoms with Crippen LogP contribution in [0.2, 0.25) is 0 Å². The van der Waals surface area contributed by atoms with Gasteiger partial charge in [0.15, 0.2) is 0 Å². The second kappa shape index (κ2) is 4.46. The molecule has 1 aliphatic rings. The zero-order chi connectivity index (χ0) is 9.84. The van der Waals surface area contributed by atoms with E-state index < -0.39 is 6.10 Å². The van der Waals surface area contributed by atoms with Crippen LogP contribution in [0, 0.1) is 0 Å². The summed E-state index contributed by atoms with van der Waals surface area (Å²) in [5, 5.41) is 9.50. The third-order valence-electron chi connectivity index (χ3n) is 2.29. The van der Waals surface area contributed by atoms with Crippen molar-refractivity contribution in [2.75, 3.05) is 14.1 Å². The average Bonchev–Trinajstić information content (AvgIpc) is 2.08. The van der Waals surface area contributed by atoms with Crippen molar-refractivity contribution in [2.24, 2.45) is 0 Å². The van der Waals surface area contributed by atoms with E-state index in [1.807, 2.05) is 0 Å². The maximum Gasteiger partial charge on any atom is 0.409 e. The summed E-state index contributed by atoms with van der Waals surface area (Å²) in [5.41, 5.74) is 0. The Hall–Kier alpha value is -0.770. The van der Waals surface area contributed by atoms with Gasteiger partial charge in [0.05, 0.1) is 6.10 Å². The Morgan fingerprint density at radius 1 is 1.38 bits per heavy atom. The largest absolute Gasteiger partial charge is 0.443 e. The van der Waals surface area contributed by atoms with Crippen molar-refractivity contribution in [2.45, 2.75) is 37.9 Å². The molecule has 1 fully saturated rings. The summed E-state index contributed by atoms with van der Waals surface area (Å²) in [4.78, 5) is 12.5. The number of ether oxygens (including phenoxy) is 1. The fourth-order valence-electron chi connectivity index (χ4n) is 1.45. The molecule has 4 heteroatoms. The number of carbonyl (C=O) groups is 1. The van der Waals surface area contributed by atoms with Crippen LogP contribution in [-0.2, 0) is 4.74 Å². The van der Waals surface area contributed by atoms with Crippen molar-refractivity contribution in [3.05, 3.63) is 0 Å². The smallest absolute Gasteiger partial charge is 0.409 e. The lowest BCUT2D eigenvalue weighted by Crippen LogP contribution is -2.37. The first-order valence-electron chi connectivity index (χ1n) is 4.67. The molecule has 0 heterocycles. The molecular weight excluding hydrogens is 170 g/mol. The van der Waals surface area contributed by atoms with Crippen LogP contribution in [0.25, 0.3) is 0 Å². The fraction of sp³-hybridized carbons (Fsp3) is 0.889. The molecule has 0 aromatic rings. The van der Waals surface area contributed by atoms with Gasteiger partial charge in [0.2, 0.25) is 0 Å². The number of rotatable bonds is 1. The Balaban J connectivity index is 2.38. The van der Waals surface area contributed by atoms with Crippen molar-refractivity contribution in [3.8, 4) is 0 Å². The summed E-state index contributed by atoms with van der Waals surface area (Å²) in [5.74, 6) is 0. The second-order valence-electron chi connectivity index (χ2n) is 3.67. The SMILES string of the molecule is CN(C)C(=O)O[C@H]1CCCC[C@H]1O. The predicted molar refractivity (Wildman–Crippen MR) is 48.4 cm³/mol. The molecule has 1 rings (SSSR count). The molecule has 2 atom stereocenters. The quantitative estimate of drug-likeness (QED) is 0.666. The molecular formula is C9H17NO3. The van der Waals surface area contributed by atoms with Crippen molar-refractivity contribution in [1.29, 1.82) is 0 Å². The standard InChI is InChI=1S/C9H17NO3/c1-10(2)9(12)13-8-6-4-3-5-7(8)11/h7-8,11H,3-6H2,1-2H3/t7-,8+/m1/s1. The minimum absolute atomic E-state index is 0.302. The molecule has 1 N–H and O–H groups in total. The summed E-state index contributed by atoms with van der Waals surface area (Å²) in [7, 11) is 3.27. The van der Waals surface area contributed by atoms with Crippen LogP contribution in [0.5, 0.6) is 0 Å². The Bertz CT molecular complexity index is 182. The molecule has 0 aliphatic heterocycles. The predicted octanol–water partition coefficient (Wildman–Crippen LogP) is 0.988. The highest BCUT2D eigenvalue weighted by Crippen LogP contribution is 2.21. The van der Waals surface area contributed by atoms with Gasteiger partial charge in [0.1, 0.15) is 6.10 Å². The first-order valence-corrected chi connectivity index (χ1v) is 4.67. The minimum atomic E-state index is -0.474. The second-order valence-corrected chi connectivity index (χ2v) is 3.67. The van der Waals surface area contributed by atoms with Crippen LogP contribution in [0.3, 0.4) is 0 Å². The number of aliphatic hydroxyl groups is 1. The van der Waals surface area contributed by atoms with Crippen molar-refractivity contribution in [1.82, 2.24) is 4.90 Å². The van der Waals surface area contributed by atoms with E-state index in [0.29, 0.717) is 0 Å². The topological polar surface area (TPSA) is 49.8 Å². The lowest BCUT2D eigenvalue weighted by Gasteiger charge is -2.28. The van der Waals surface area contributed by atoms with E-state index >= 15 is 0 Å². The number of hydrogen-bond donors (Lipinski definition) is 1. The number of hydrogen-bond acceptors (Lipinski definition) is 3. The van der Waals surface area contributed by atoms with E-state index in [-0.39, 0.29) is 12.2 Å². The highest BCUT2D eigenvalue weighted by Gasteiger charge is 2.26. The van der Waals surface area contributed by atoms with Crippen LogP contribution in [0.15, 0.2) is 0 Å². The van der Waals surface area contributed by atoms with Crippen LogP contribution in [0.1, 0.15) is 25.7 Å². The minimum Gasteiger partial charge on any atom is -0.443 e. The first-order chi connectivity index (χ1) is 6.11. The summed E-state index contributed by atoms with van der Waals surface area (Å²) in [6.45, 7) is 0. The molecule has 0 aromatic carbocycles. The van der Waals surface area contributed by atoms with Gasteiger partial charge in [-0.3, -0.25) is 0 Å². The third-order valence-corrected chi connectivity index (χ3v) is 2.29. The van der Waals surface area contributed by atoms with Crippen molar-refractivity contribution in [3.63, 3.8) is 0 Å². The van der Waals surface area contributed by atoms with Crippen LogP contribution < -0.4 is 0 Å². The molecule has 13 heavy (non-hydrogen) atoms. The van der Waals surface area contributed by atoms with Crippen molar-refractivity contribution >= 4 is 6.09 Å². The van der Waals surface area contributed by atoms with E-state index in [4.69, 9.17) is 4.74 Å². The Labute approximate surface area is 78.5 Å². The van der Waals surface area contributed by atoms with E-state index in [1.165, 1.54) is 4.90 Å². The molecule has 0 spiro atoms. The van der Waals surface area contributed by atoms with Crippen molar-refractivity contribution < 1.29 is 14.6 Å². The zero-order valence-electron chi connectivity index (χ0n) is 8.19. The lowest BCUT2D eigenvalue weighted by atomic mass is 9.95. The van der Waals surface area contributed by atoms with E-state index in [1.54, 1.807) is 14.1 Å². The number of carbonyl (C=O) groups excluding carboxylic acids is 1. The van der Waals surface area contributed by atoms with Crippen LogP contribution >= 0.6 is 0 Å². The normalized spacial score (nSPS) is 28.2. The van der Waals surface area contributed by atoms with Gasteiger partial charge in [0, 0.05) is 14.1 Å². The maximum atomic E-state index is 11.1. The first kappa shape index (κ1) is 10.3. The van der Waals surface area contributed by atoms with Crippen LogP contribution in [-0.4, -0.2) is 42.4 Å². The average molecular weight is 187 g/mol. The van der Waals surface area contributed by atoms with Crippen LogP contribution in [0.4, 0.5) is 4.79 Å². The number of nitrogens with zero attached hydrogens (tertiary/aromatic N) is 1. The van der Waals surface area contributed by atoms with Gasteiger partial charge in [-0.05, 0) is 19.3 Å².